The van der Waals surface area contributed by atoms with E-state index in [0.717, 1.165) is 0 Å². The number of nitriles is 2. The molecule has 0 radical (unpaired) electrons. The Bertz CT molecular complexity index is 2170. The number of alkyl halides is 6. The fraction of sp³-hybridized carbons (Fsp3) is 0.235. The van der Waals surface area contributed by atoms with Gasteiger partial charge in [0.15, 0.2) is 16.5 Å². The van der Waals surface area contributed by atoms with Crippen LogP contribution in [-0.4, -0.2) is 25.5 Å². The Balaban J connectivity index is 0.000000241. The highest BCUT2D eigenvalue weighted by Gasteiger charge is 2.62. The van der Waals surface area contributed by atoms with Crippen molar-refractivity contribution in [1.29, 1.82) is 10.5 Å². The minimum atomic E-state index is -5.25. The van der Waals surface area contributed by atoms with E-state index < -0.39 is 72.3 Å². The van der Waals surface area contributed by atoms with E-state index >= 15 is 0 Å². The van der Waals surface area contributed by atoms with Crippen LogP contribution in [0, 0.1) is 39.9 Å². The average molecular weight is 853 g/mol. The number of esters is 1. The highest BCUT2D eigenvalue weighted by Crippen LogP contribution is 2.60. The molecule has 54 heavy (non-hydrogen) atoms. The van der Waals surface area contributed by atoms with Gasteiger partial charge in [0.25, 0.3) is 0 Å². The number of nitrogens with two attached hydrogens (primary N) is 1. The second-order valence-corrected chi connectivity index (χ2v) is 15.0. The van der Waals surface area contributed by atoms with Gasteiger partial charge in [-0.25, -0.2) is 8.89 Å². The number of nitrogen functional groups attached to an aromatic ring is 1. The third kappa shape index (κ3) is 9.61. The fourth-order valence-corrected chi connectivity index (χ4v) is 6.88. The molecule has 1 heterocycles. The molecular weight excluding hydrogens is 830 g/mol. The fourth-order valence-electron chi connectivity index (χ4n) is 5.19. The van der Waals surface area contributed by atoms with E-state index in [-0.39, 0.29) is 21.7 Å². The molecule has 1 aliphatic rings. The van der Waals surface area contributed by atoms with Crippen molar-refractivity contribution in [3.8, 4) is 29.3 Å². The monoisotopic (exact) mass is 851 g/mol. The van der Waals surface area contributed by atoms with E-state index in [0.29, 0.717) is 33.9 Å². The van der Waals surface area contributed by atoms with E-state index in [9.17, 15) is 40.6 Å². The van der Waals surface area contributed by atoms with E-state index in [1.165, 1.54) is 6.07 Å². The van der Waals surface area contributed by atoms with Crippen LogP contribution in [0.2, 0.25) is 10.0 Å². The number of anilines is 1. The molecule has 1 aromatic heterocycles. The molecule has 284 valence electrons. The van der Waals surface area contributed by atoms with Gasteiger partial charge in [0.05, 0.1) is 21.5 Å². The van der Waals surface area contributed by atoms with Gasteiger partial charge in [-0.1, -0.05) is 90.6 Å². The number of allylic oxidation sites excluding steroid dienone is 1. The van der Waals surface area contributed by atoms with E-state index in [1.807, 2.05) is 50.2 Å². The zero-order chi connectivity index (χ0) is 40.3. The molecule has 3 aromatic carbocycles. The zero-order valence-electron chi connectivity index (χ0n) is 27.3. The number of carbonyl (C=O) groups excluding carboxylic acids is 1. The number of nitrogens with zero attached hydrogens (tertiary/aromatic N) is 4. The largest absolute Gasteiger partial charge is 0.476 e. The number of para-hydroxylation sites is 1. The summed E-state index contributed by atoms with van der Waals surface area (Å²) in [5, 5.41) is 20.6. The van der Waals surface area contributed by atoms with Crippen molar-refractivity contribution in [3.63, 3.8) is 0 Å². The predicted octanol–water partition coefficient (Wildman–Crippen LogP) is 10.5. The Morgan fingerprint density at radius 2 is 1.59 bits per heavy atom. The molecule has 2 N–H and O–H groups in total. The summed E-state index contributed by atoms with van der Waals surface area (Å²) < 4.78 is 99.7. The number of hydrogen-bond acceptors (Lipinski definition) is 8. The van der Waals surface area contributed by atoms with Gasteiger partial charge in [0, 0.05) is 5.56 Å². The lowest BCUT2D eigenvalue weighted by Crippen LogP contribution is -2.18. The second-order valence-electron chi connectivity index (χ2n) is 11.8. The van der Waals surface area contributed by atoms with Crippen molar-refractivity contribution in [3.05, 3.63) is 104 Å². The molecule has 0 amide bonds. The van der Waals surface area contributed by atoms with Crippen molar-refractivity contribution in [2.24, 2.45) is 17.3 Å². The molecule has 0 saturated heterocycles. The molecule has 1 fully saturated rings. The number of benzene rings is 3. The summed E-state index contributed by atoms with van der Waals surface area (Å²) in [5.74, 6) is -0.613. The summed E-state index contributed by atoms with van der Waals surface area (Å²) in [4.78, 5) is 11.5. The topological polar surface area (TPSA) is 144 Å². The Morgan fingerprint density at radius 3 is 2.11 bits per heavy atom. The maximum atomic E-state index is 12.7. The van der Waals surface area contributed by atoms with Crippen LogP contribution >= 0.6 is 46.4 Å². The molecule has 4 aromatic rings. The van der Waals surface area contributed by atoms with Gasteiger partial charge < -0.3 is 15.2 Å². The van der Waals surface area contributed by atoms with Crippen LogP contribution < -0.4 is 10.5 Å². The van der Waals surface area contributed by atoms with Crippen LogP contribution in [-0.2, 0) is 26.5 Å². The lowest BCUT2D eigenvalue weighted by molar-refractivity contribution is -0.149. The van der Waals surface area contributed by atoms with Crippen molar-refractivity contribution < 1.29 is 44.8 Å². The zero-order valence-corrected chi connectivity index (χ0v) is 31.2. The van der Waals surface area contributed by atoms with Gasteiger partial charge in [0.1, 0.15) is 44.5 Å². The molecule has 1 aliphatic carbocycles. The number of halogens is 10. The van der Waals surface area contributed by atoms with Gasteiger partial charge in [-0.2, -0.15) is 42.0 Å². The van der Waals surface area contributed by atoms with Crippen LogP contribution in [0.15, 0.2) is 82.2 Å². The Labute approximate surface area is 325 Å². The van der Waals surface area contributed by atoms with Crippen molar-refractivity contribution >= 4 is 69.0 Å². The Hall–Kier alpha value is -4.45. The number of rotatable bonds is 8. The summed E-state index contributed by atoms with van der Waals surface area (Å²) in [7, 11) is -3.71. The first-order valence-electron chi connectivity index (χ1n) is 14.9. The summed E-state index contributed by atoms with van der Waals surface area (Å²) in [6.07, 6.45) is -4.17. The molecule has 4 atom stereocenters. The first kappa shape index (κ1) is 42.3. The third-order valence-corrected chi connectivity index (χ3v) is 9.92. The molecule has 5 rings (SSSR count). The van der Waals surface area contributed by atoms with Crippen LogP contribution in [0.5, 0.6) is 11.5 Å². The van der Waals surface area contributed by atoms with Crippen LogP contribution in [0.4, 0.5) is 32.2 Å². The lowest BCUT2D eigenvalue weighted by atomic mass is 10.1. The first-order chi connectivity index (χ1) is 25.1. The molecular formula is C34H23Cl4F6N5O4S. The van der Waals surface area contributed by atoms with E-state index in [2.05, 4.69) is 5.10 Å². The van der Waals surface area contributed by atoms with Crippen LogP contribution in [0.25, 0.3) is 5.69 Å². The molecule has 0 bridgehead atoms. The van der Waals surface area contributed by atoms with Crippen molar-refractivity contribution in [1.82, 2.24) is 9.78 Å². The SMILES string of the molecule is CC1(C)[C@H](C(=O)OC(C#N)c2cccc(Oc3ccccc3)c2)[C@@H]1C=C(Cl)Cl.N#Cc1nn(-c2c(Cl)cc(C(F)(F)F)cc2Cl)c(N)c1S(=O)C(F)(F)F. The number of ether oxygens (including phenoxy) is 2. The van der Waals surface area contributed by atoms with Crippen LogP contribution in [0.3, 0.4) is 0 Å². The molecule has 0 aliphatic heterocycles. The van der Waals surface area contributed by atoms with E-state index in [1.54, 1.807) is 30.3 Å². The summed E-state index contributed by atoms with van der Waals surface area (Å²) >= 11 is 22.9. The Kier molecular flexibility index (Phi) is 12.9. The lowest BCUT2D eigenvalue weighted by Gasteiger charge is -2.13. The van der Waals surface area contributed by atoms with Gasteiger partial charge >= 0.3 is 17.7 Å². The average Bonchev–Trinajstić information content (AvgIpc) is 3.46. The molecule has 20 heteroatoms. The Morgan fingerprint density at radius 1 is 1.00 bits per heavy atom. The predicted molar refractivity (Wildman–Crippen MR) is 188 cm³/mol. The summed E-state index contributed by atoms with van der Waals surface area (Å²) in [6, 6.07) is 20.5. The summed E-state index contributed by atoms with van der Waals surface area (Å²) in [5.41, 5.74) is -2.19. The quantitative estimate of drug-likeness (QED) is 0.136. The highest BCUT2D eigenvalue weighted by molar-refractivity contribution is 7.86. The number of aromatic nitrogens is 2. The first-order valence-corrected chi connectivity index (χ1v) is 17.6. The smallest absolute Gasteiger partial charge is 0.457 e. The summed E-state index contributed by atoms with van der Waals surface area (Å²) in [6.45, 7) is 3.87. The van der Waals surface area contributed by atoms with Crippen molar-refractivity contribution in [2.75, 3.05) is 5.73 Å². The van der Waals surface area contributed by atoms with Crippen molar-refractivity contribution in [2.45, 2.75) is 36.5 Å². The van der Waals surface area contributed by atoms with Gasteiger partial charge in [-0.3, -0.25) is 4.79 Å². The highest BCUT2D eigenvalue weighted by atomic mass is 35.5. The maximum absolute atomic E-state index is 12.7. The van der Waals surface area contributed by atoms with Crippen LogP contribution in [0.1, 0.15) is 36.8 Å². The van der Waals surface area contributed by atoms with Gasteiger partial charge in [-0.05, 0) is 53.8 Å². The third-order valence-electron chi connectivity index (χ3n) is 7.89. The van der Waals surface area contributed by atoms with E-state index in [4.69, 9.17) is 66.9 Å². The molecule has 9 nitrogen and oxygen atoms in total. The number of carbonyl (C=O) groups is 1. The normalized spacial score (nSPS) is 17.1. The number of hydrogen-bond donors (Lipinski definition) is 1. The molecule has 2 unspecified atom stereocenters. The maximum Gasteiger partial charge on any atom is 0.476 e. The minimum Gasteiger partial charge on any atom is -0.457 e. The minimum absolute atomic E-state index is 0.114. The molecule has 0 spiro atoms. The standard InChI is InChI=1S/C22H19Cl2NO3.C12H4Cl2F6N4OS/c1-22(2)17(12-19(23)24)20(22)21(26)28-18(13-25)14-7-6-10-16(11-14)27-15-8-4-3-5-9-15;13-5-1-4(11(15,16)17)2-6(14)8(5)24-10(22)9(7(3-21)23-24)26(25)12(18,19)20/h3-12,17-18,20H,1-2H3;1-2H,22H2/t17-,18?,20-;/m0./s1. The molecule has 1 saturated carbocycles. The van der Waals surface area contributed by atoms with Gasteiger partial charge in [-0.15, -0.1) is 0 Å². The van der Waals surface area contributed by atoms with Gasteiger partial charge in [0.2, 0.25) is 6.10 Å². The second kappa shape index (κ2) is 16.5.